The monoisotopic (exact) mass is 140 g/mol. The Morgan fingerprint density at radius 3 is 2.30 bits per heavy atom. The summed E-state index contributed by atoms with van der Waals surface area (Å²) < 4.78 is 0. The first kappa shape index (κ1) is 10.0. The van der Waals surface area contributed by atoms with Crippen molar-refractivity contribution in [2.24, 2.45) is 5.92 Å². The van der Waals surface area contributed by atoms with E-state index in [2.05, 4.69) is 20.8 Å². The zero-order valence-corrected chi connectivity index (χ0v) is 7.23. The van der Waals surface area contributed by atoms with E-state index in [1.165, 1.54) is 25.7 Å². The SMILES string of the molecule is [CH2]CCCCC(C[CH2])CC. The molecule has 1 unspecified atom stereocenters. The molecule has 0 N–H and O–H groups in total. The van der Waals surface area contributed by atoms with Crippen molar-refractivity contribution in [3.8, 4) is 0 Å². The van der Waals surface area contributed by atoms with Crippen LogP contribution in [0.4, 0.5) is 0 Å². The largest absolute Gasteiger partial charge is 0.0651 e. The second-order valence-electron chi connectivity index (χ2n) is 2.91. The summed E-state index contributed by atoms with van der Waals surface area (Å²) in [6.07, 6.45) is 7.48. The number of hydrogen-bond donors (Lipinski definition) is 0. The summed E-state index contributed by atoms with van der Waals surface area (Å²) in [6.45, 7) is 9.99. The maximum atomic E-state index is 3.92. The highest BCUT2D eigenvalue weighted by Crippen LogP contribution is 2.15. The Balaban J connectivity index is 3.09. The molecule has 0 saturated heterocycles. The lowest BCUT2D eigenvalue weighted by Crippen LogP contribution is -1.95. The molecule has 60 valence electrons. The first-order chi connectivity index (χ1) is 4.85. The van der Waals surface area contributed by atoms with Gasteiger partial charge >= 0.3 is 0 Å². The number of rotatable bonds is 6. The highest BCUT2D eigenvalue weighted by Gasteiger charge is 2.00. The van der Waals surface area contributed by atoms with Crippen LogP contribution in [-0.2, 0) is 0 Å². The summed E-state index contributed by atoms with van der Waals surface area (Å²) in [5, 5.41) is 0. The van der Waals surface area contributed by atoms with E-state index in [0.29, 0.717) is 0 Å². The standard InChI is InChI=1S/C10H20/c1-4-7-8-9-10(5-2)6-3/h10H,1-2,4-9H2,3H3. The molecule has 0 aromatic rings. The fourth-order valence-electron chi connectivity index (χ4n) is 1.16. The van der Waals surface area contributed by atoms with E-state index in [4.69, 9.17) is 0 Å². The Hall–Kier alpha value is 0. The molecule has 0 fully saturated rings. The van der Waals surface area contributed by atoms with Gasteiger partial charge in [0.15, 0.2) is 0 Å². The molecule has 0 aliphatic carbocycles. The summed E-state index contributed by atoms with van der Waals surface area (Å²) in [5.41, 5.74) is 0. The van der Waals surface area contributed by atoms with Crippen LogP contribution in [0, 0.1) is 19.8 Å². The van der Waals surface area contributed by atoms with Crippen molar-refractivity contribution in [1.29, 1.82) is 0 Å². The fraction of sp³-hybridized carbons (Fsp3) is 0.800. The first-order valence-corrected chi connectivity index (χ1v) is 4.43. The summed E-state index contributed by atoms with van der Waals surface area (Å²) >= 11 is 0. The summed E-state index contributed by atoms with van der Waals surface area (Å²) in [6, 6.07) is 0. The van der Waals surface area contributed by atoms with Gasteiger partial charge in [-0.05, 0) is 5.92 Å². The zero-order valence-electron chi connectivity index (χ0n) is 7.23. The average molecular weight is 140 g/mol. The second-order valence-corrected chi connectivity index (χ2v) is 2.91. The molecule has 10 heavy (non-hydrogen) atoms. The van der Waals surface area contributed by atoms with Crippen LogP contribution in [0.25, 0.3) is 0 Å². The van der Waals surface area contributed by atoms with Crippen LogP contribution in [-0.4, -0.2) is 0 Å². The van der Waals surface area contributed by atoms with Crippen molar-refractivity contribution in [2.45, 2.75) is 45.4 Å². The molecule has 0 rings (SSSR count). The summed E-state index contributed by atoms with van der Waals surface area (Å²) in [5.74, 6) is 0.867. The third kappa shape index (κ3) is 4.84. The van der Waals surface area contributed by atoms with Gasteiger partial charge in [0.05, 0.1) is 0 Å². The molecule has 2 radical (unpaired) electrons. The van der Waals surface area contributed by atoms with Crippen LogP contribution in [0.15, 0.2) is 0 Å². The zero-order chi connectivity index (χ0) is 7.82. The van der Waals surface area contributed by atoms with Gasteiger partial charge in [0, 0.05) is 0 Å². The molecule has 0 spiro atoms. The average Bonchev–Trinajstić information content (AvgIpc) is 1.99. The fourth-order valence-corrected chi connectivity index (χ4v) is 1.16. The van der Waals surface area contributed by atoms with Gasteiger partial charge in [-0.3, -0.25) is 0 Å². The van der Waals surface area contributed by atoms with Crippen molar-refractivity contribution in [3.63, 3.8) is 0 Å². The number of hydrogen-bond acceptors (Lipinski definition) is 0. The van der Waals surface area contributed by atoms with E-state index < -0.39 is 0 Å². The van der Waals surface area contributed by atoms with E-state index >= 15 is 0 Å². The molecule has 1 atom stereocenters. The maximum absolute atomic E-state index is 3.92. The lowest BCUT2D eigenvalue weighted by Gasteiger charge is -2.10. The molecule has 0 saturated carbocycles. The summed E-state index contributed by atoms with van der Waals surface area (Å²) in [7, 11) is 0. The smallest absolute Gasteiger partial charge is 0.0417 e. The minimum Gasteiger partial charge on any atom is -0.0651 e. The van der Waals surface area contributed by atoms with E-state index in [9.17, 15) is 0 Å². The van der Waals surface area contributed by atoms with Gasteiger partial charge < -0.3 is 0 Å². The Kier molecular flexibility index (Phi) is 7.11. The first-order valence-electron chi connectivity index (χ1n) is 4.43. The molecule has 0 nitrogen and oxygen atoms in total. The molecule has 0 heterocycles. The van der Waals surface area contributed by atoms with Gasteiger partial charge in [-0.15, -0.1) is 0 Å². The topological polar surface area (TPSA) is 0 Å². The molecule has 0 aliphatic rings. The van der Waals surface area contributed by atoms with Gasteiger partial charge in [-0.1, -0.05) is 59.3 Å². The molecule has 0 aliphatic heterocycles. The Morgan fingerprint density at radius 1 is 1.20 bits per heavy atom. The lowest BCUT2D eigenvalue weighted by atomic mass is 9.96. The summed E-state index contributed by atoms with van der Waals surface area (Å²) in [4.78, 5) is 0. The minimum absolute atomic E-state index is 0.867. The minimum atomic E-state index is 0.867. The second kappa shape index (κ2) is 7.11. The van der Waals surface area contributed by atoms with Crippen molar-refractivity contribution in [2.75, 3.05) is 0 Å². The van der Waals surface area contributed by atoms with Crippen molar-refractivity contribution in [3.05, 3.63) is 13.8 Å². The molecular weight excluding hydrogens is 120 g/mol. The Bertz CT molecular complexity index is 53.1. The van der Waals surface area contributed by atoms with Crippen LogP contribution >= 0.6 is 0 Å². The van der Waals surface area contributed by atoms with Crippen LogP contribution in [0.5, 0.6) is 0 Å². The van der Waals surface area contributed by atoms with Crippen molar-refractivity contribution in [1.82, 2.24) is 0 Å². The molecule has 0 aromatic carbocycles. The van der Waals surface area contributed by atoms with Crippen LogP contribution < -0.4 is 0 Å². The van der Waals surface area contributed by atoms with Crippen LogP contribution in [0.3, 0.4) is 0 Å². The predicted octanol–water partition coefficient (Wildman–Crippen LogP) is 3.63. The molecular formula is C10H20. The van der Waals surface area contributed by atoms with E-state index in [1.54, 1.807) is 0 Å². The molecule has 0 heteroatoms. The van der Waals surface area contributed by atoms with E-state index in [1.807, 2.05) is 0 Å². The van der Waals surface area contributed by atoms with Gasteiger partial charge in [0.1, 0.15) is 0 Å². The normalized spacial score (nSPS) is 10.8. The maximum Gasteiger partial charge on any atom is -0.0417 e. The van der Waals surface area contributed by atoms with Crippen molar-refractivity contribution >= 4 is 0 Å². The van der Waals surface area contributed by atoms with Gasteiger partial charge in [0.2, 0.25) is 0 Å². The third-order valence-electron chi connectivity index (χ3n) is 2.10. The molecule has 0 amide bonds. The Labute approximate surface area is 66.0 Å². The van der Waals surface area contributed by atoms with Gasteiger partial charge in [0.25, 0.3) is 0 Å². The molecule has 0 aromatic heterocycles. The van der Waals surface area contributed by atoms with E-state index in [0.717, 1.165) is 18.8 Å². The predicted molar refractivity (Wildman–Crippen MR) is 47.6 cm³/mol. The Morgan fingerprint density at radius 2 is 1.90 bits per heavy atom. The van der Waals surface area contributed by atoms with Gasteiger partial charge in [-0.2, -0.15) is 0 Å². The van der Waals surface area contributed by atoms with Crippen molar-refractivity contribution < 1.29 is 0 Å². The highest BCUT2D eigenvalue weighted by atomic mass is 14.1. The molecule has 0 bridgehead atoms. The highest BCUT2D eigenvalue weighted by molar-refractivity contribution is 4.58. The van der Waals surface area contributed by atoms with E-state index in [-0.39, 0.29) is 0 Å². The van der Waals surface area contributed by atoms with Crippen LogP contribution in [0.2, 0.25) is 0 Å². The van der Waals surface area contributed by atoms with Gasteiger partial charge in [-0.25, -0.2) is 0 Å². The van der Waals surface area contributed by atoms with Crippen LogP contribution in [0.1, 0.15) is 45.4 Å². The quantitative estimate of drug-likeness (QED) is 0.494. The number of unbranched alkanes of at least 4 members (excludes halogenated alkanes) is 2. The lowest BCUT2D eigenvalue weighted by molar-refractivity contribution is 0.451. The third-order valence-corrected chi connectivity index (χ3v) is 2.10.